The molecule has 0 unspecified atom stereocenters. The van der Waals surface area contributed by atoms with Gasteiger partial charge < -0.3 is 5.73 Å². The van der Waals surface area contributed by atoms with Crippen molar-refractivity contribution in [3.05, 3.63) is 70.2 Å². The summed E-state index contributed by atoms with van der Waals surface area (Å²) in [5, 5.41) is 4.61. The summed E-state index contributed by atoms with van der Waals surface area (Å²) in [5.74, 6) is 0.672. The van der Waals surface area contributed by atoms with Gasteiger partial charge in [0.15, 0.2) is 0 Å². The van der Waals surface area contributed by atoms with Crippen molar-refractivity contribution in [3.8, 4) is 11.3 Å². The molecule has 0 saturated carbocycles. The first-order valence-electron chi connectivity index (χ1n) is 6.76. The minimum Gasteiger partial charge on any atom is -0.384 e. The smallest absolute Gasteiger partial charge is 0.122 e. The van der Waals surface area contributed by atoms with Crippen LogP contribution in [0.3, 0.4) is 0 Å². The second-order valence-electron chi connectivity index (χ2n) is 5.11. The quantitative estimate of drug-likeness (QED) is 0.773. The van der Waals surface area contributed by atoms with Crippen molar-refractivity contribution in [2.45, 2.75) is 13.5 Å². The molecule has 3 nitrogen and oxygen atoms in total. The van der Waals surface area contributed by atoms with Gasteiger partial charge in [0.25, 0.3) is 0 Å². The topological polar surface area (TPSA) is 43.8 Å². The molecular weight excluding hydrogens is 326 g/mol. The van der Waals surface area contributed by atoms with Crippen LogP contribution in [0.2, 0.25) is 0 Å². The van der Waals surface area contributed by atoms with Crippen LogP contribution < -0.4 is 5.73 Å². The fraction of sp³-hybridized carbons (Fsp3) is 0.118. The maximum absolute atomic E-state index is 6.08. The molecule has 0 aliphatic carbocycles. The highest BCUT2D eigenvalue weighted by Gasteiger charge is 2.07. The molecule has 0 aliphatic rings. The van der Waals surface area contributed by atoms with E-state index in [0.29, 0.717) is 12.4 Å². The molecule has 3 rings (SSSR count). The lowest BCUT2D eigenvalue weighted by Gasteiger charge is -2.04. The van der Waals surface area contributed by atoms with E-state index >= 15 is 0 Å². The third-order valence-electron chi connectivity index (χ3n) is 3.38. The number of hydrogen-bond donors (Lipinski definition) is 1. The molecular formula is C17H16BrN3. The van der Waals surface area contributed by atoms with Gasteiger partial charge >= 0.3 is 0 Å². The van der Waals surface area contributed by atoms with Crippen molar-refractivity contribution in [2.24, 2.45) is 0 Å². The number of hydrogen-bond acceptors (Lipinski definition) is 2. The van der Waals surface area contributed by atoms with Gasteiger partial charge in [-0.05, 0) is 24.6 Å². The predicted octanol–water partition coefficient (Wildman–Crippen LogP) is 4.25. The van der Waals surface area contributed by atoms with Gasteiger partial charge in [-0.25, -0.2) is 4.68 Å². The second-order valence-corrected chi connectivity index (χ2v) is 6.02. The zero-order chi connectivity index (χ0) is 14.8. The standard InChI is InChI=1S/C17H16BrN3/c1-12-5-7-14(8-6-12)16-10-17(19)21(20-16)11-13-3-2-4-15(18)9-13/h2-10H,11,19H2,1H3. The highest BCUT2D eigenvalue weighted by atomic mass is 79.9. The minimum atomic E-state index is 0.664. The molecule has 0 fully saturated rings. The average Bonchev–Trinajstić information content (AvgIpc) is 2.81. The Labute approximate surface area is 132 Å². The van der Waals surface area contributed by atoms with Crippen molar-refractivity contribution in [2.75, 3.05) is 5.73 Å². The van der Waals surface area contributed by atoms with Crippen LogP contribution in [0, 0.1) is 6.92 Å². The van der Waals surface area contributed by atoms with Crippen LogP contribution in [-0.2, 0) is 6.54 Å². The Kier molecular flexibility index (Phi) is 3.80. The molecule has 4 heteroatoms. The van der Waals surface area contributed by atoms with Gasteiger partial charge in [0.2, 0.25) is 0 Å². The second kappa shape index (κ2) is 5.74. The number of benzene rings is 2. The first kappa shape index (κ1) is 13.9. The van der Waals surface area contributed by atoms with Gasteiger partial charge in [0.1, 0.15) is 5.82 Å². The van der Waals surface area contributed by atoms with Crippen LogP contribution in [0.25, 0.3) is 11.3 Å². The summed E-state index contributed by atoms with van der Waals surface area (Å²) in [6, 6.07) is 18.4. The number of aryl methyl sites for hydroxylation is 1. The molecule has 1 heterocycles. The van der Waals surface area contributed by atoms with Crippen molar-refractivity contribution in [1.29, 1.82) is 0 Å². The van der Waals surface area contributed by atoms with Gasteiger partial charge in [-0.2, -0.15) is 5.10 Å². The normalized spacial score (nSPS) is 10.8. The first-order valence-corrected chi connectivity index (χ1v) is 7.56. The molecule has 0 amide bonds. The highest BCUT2D eigenvalue weighted by molar-refractivity contribution is 9.10. The summed E-state index contributed by atoms with van der Waals surface area (Å²) >= 11 is 3.48. The van der Waals surface area contributed by atoms with Crippen molar-refractivity contribution in [1.82, 2.24) is 9.78 Å². The third kappa shape index (κ3) is 3.16. The largest absolute Gasteiger partial charge is 0.384 e. The van der Waals surface area contributed by atoms with E-state index in [4.69, 9.17) is 5.73 Å². The molecule has 0 saturated heterocycles. The lowest BCUT2D eigenvalue weighted by Crippen LogP contribution is -2.05. The number of anilines is 1. The van der Waals surface area contributed by atoms with E-state index in [0.717, 1.165) is 21.3 Å². The Morgan fingerprint density at radius 2 is 1.86 bits per heavy atom. The van der Waals surface area contributed by atoms with Crippen LogP contribution in [-0.4, -0.2) is 9.78 Å². The Morgan fingerprint density at radius 1 is 1.10 bits per heavy atom. The van der Waals surface area contributed by atoms with E-state index in [1.807, 2.05) is 22.9 Å². The van der Waals surface area contributed by atoms with E-state index in [1.54, 1.807) is 0 Å². The molecule has 0 atom stereocenters. The van der Waals surface area contributed by atoms with E-state index < -0.39 is 0 Å². The molecule has 0 spiro atoms. The number of nitrogens with zero attached hydrogens (tertiary/aromatic N) is 2. The Morgan fingerprint density at radius 3 is 2.57 bits per heavy atom. The SMILES string of the molecule is Cc1ccc(-c2cc(N)n(Cc3cccc(Br)c3)n2)cc1. The molecule has 1 aromatic heterocycles. The predicted molar refractivity (Wildman–Crippen MR) is 90.1 cm³/mol. The van der Waals surface area contributed by atoms with Crippen LogP contribution in [0.5, 0.6) is 0 Å². The van der Waals surface area contributed by atoms with Gasteiger partial charge in [0, 0.05) is 16.1 Å². The van der Waals surface area contributed by atoms with E-state index in [9.17, 15) is 0 Å². The molecule has 0 aliphatic heterocycles. The first-order chi connectivity index (χ1) is 10.1. The Bertz CT molecular complexity index is 760. The highest BCUT2D eigenvalue weighted by Crippen LogP contribution is 2.22. The number of nitrogen functional groups attached to an aromatic ring is 1. The third-order valence-corrected chi connectivity index (χ3v) is 3.87. The van der Waals surface area contributed by atoms with Crippen LogP contribution >= 0.6 is 15.9 Å². The van der Waals surface area contributed by atoms with Gasteiger partial charge in [-0.3, -0.25) is 0 Å². The van der Waals surface area contributed by atoms with Crippen molar-refractivity contribution in [3.63, 3.8) is 0 Å². The Hall–Kier alpha value is -2.07. The van der Waals surface area contributed by atoms with Crippen LogP contribution in [0.4, 0.5) is 5.82 Å². The Balaban J connectivity index is 1.89. The molecule has 0 bridgehead atoms. The number of nitrogens with two attached hydrogens (primary N) is 1. The number of halogens is 1. The zero-order valence-electron chi connectivity index (χ0n) is 11.8. The molecule has 21 heavy (non-hydrogen) atoms. The van der Waals surface area contributed by atoms with E-state index in [2.05, 4.69) is 64.4 Å². The zero-order valence-corrected chi connectivity index (χ0v) is 13.3. The monoisotopic (exact) mass is 341 g/mol. The van der Waals surface area contributed by atoms with Crippen LogP contribution in [0.1, 0.15) is 11.1 Å². The lowest BCUT2D eigenvalue weighted by atomic mass is 10.1. The summed E-state index contributed by atoms with van der Waals surface area (Å²) in [6.45, 7) is 2.74. The molecule has 2 N–H and O–H groups in total. The molecule has 3 aromatic rings. The maximum atomic E-state index is 6.08. The minimum absolute atomic E-state index is 0.664. The number of rotatable bonds is 3. The fourth-order valence-corrected chi connectivity index (χ4v) is 2.68. The van der Waals surface area contributed by atoms with Gasteiger partial charge in [-0.1, -0.05) is 57.9 Å². The van der Waals surface area contributed by atoms with Gasteiger partial charge in [-0.15, -0.1) is 0 Å². The maximum Gasteiger partial charge on any atom is 0.122 e. The summed E-state index contributed by atoms with van der Waals surface area (Å²) in [4.78, 5) is 0. The molecule has 2 aromatic carbocycles. The average molecular weight is 342 g/mol. The summed E-state index contributed by atoms with van der Waals surface area (Å²) in [7, 11) is 0. The fourth-order valence-electron chi connectivity index (χ4n) is 2.23. The van der Waals surface area contributed by atoms with Gasteiger partial charge in [0.05, 0.1) is 12.2 Å². The summed E-state index contributed by atoms with van der Waals surface area (Å²) in [5.41, 5.74) is 10.5. The van der Waals surface area contributed by atoms with E-state index in [-0.39, 0.29) is 0 Å². The lowest BCUT2D eigenvalue weighted by molar-refractivity contribution is 0.699. The molecule has 0 radical (unpaired) electrons. The van der Waals surface area contributed by atoms with Crippen molar-refractivity contribution >= 4 is 21.7 Å². The summed E-state index contributed by atoms with van der Waals surface area (Å²) in [6.07, 6.45) is 0. The van der Waals surface area contributed by atoms with E-state index in [1.165, 1.54) is 5.56 Å². The van der Waals surface area contributed by atoms with Crippen molar-refractivity contribution < 1.29 is 0 Å². The summed E-state index contributed by atoms with van der Waals surface area (Å²) < 4.78 is 2.89. The van der Waals surface area contributed by atoms with Crippen LogP contribution in [0.15, 0.2) is 59.1 Å². The molecule has 106 valence electrons. The number of aromatic nitrogens is 2.